The summed E-state index contributed by atoms with van der Waals surface area (Å²) in [4.78, 5) is 0. The summed E-state index contributed by atoms with van der Waals surface area (Å²) in [6.07, 6.45) is 7.97. The van der Waals surface area contributed by atoms with Crippen LogP contribution in [0.4, 0.5) is 0 Å². The standard InChI is InChI=1S/C25H24O4/c1-3-29-25-17-21(13-15-23(25)27)11-9-19-6-4-18(5-7-19)8-10-20-12-14-22(26)24(16-20)28-2/h4-17,26-27H,3H2,1-2H3/b10-8+,11-9+. The van der Waals surface area contributed by atoms with E-state index in [9.17, 15) is 10.2 Å². The number of hydrogen-bond donors (Lipinski definition) is 2. The Balaban J connectivity index is 1.69. The monoisotopic (exact) mass is 388 g/mol. The van der Waals surface area contributed by atoms with Crippen LogP contribution in [0.1, 0.15) is 29.2 Å². The van der Waals surface area contributed by atoms with Crippen molar-refractivity contribution in [2.24, 2.45) is 0 Å². The highest BCUT2D eigenvalue weighted by Gasteiger charge is 2.02. The second-order valence-electron chi connectivity index (χ2n) is 6.42. The molecule has 0 unspecified atom stereocenters. The third-order valence-corrected chi connectivity index (χ3v) is 4.36. The molecule has 0 spiro atoms. The lowest BCUT2D eigenvalue weighted by Gasteiger charge is -2.06. The maximum Gasteiger partial charge on any atom is 0.161 e. The molecule has 0 aliphatic heterocycles. The Bertz CT molecular complexity index is 1020. The average Bonchev–Trinajstić information content (AvgIpc) is 2.74. The summed E-state index contributed by atoms with van der Waals surface area (Å²) in [7, 11) is 1.53. The molecule has 0 atom stereocenters. The Morgan fingerprint density at radius 3 is 1.55 bits per heavy atom. The summed E-state index contributed by atoms with van der Waals surface area (Å²) in [6.45, 7) is 2.39. The van der Waals surface area contributed by atoms with Crippen molar-refractivity contribution in [2.75, 3.05) is 13.7 Å². The molecule has 0 aliphatic rings. The first kappa shape index (κ1) is 20.1. The van der Waals surface area contributed by atoms with Crippen molar-refractivity contribution in [3.63, 3.8) is 0 Å². The Morgan fingerprint density at radius 1 is 0.655 bits per heavy atom. The number of rotatable bonds is 7. The van der Waals surface area contributed by atoms with Crippen molar-refractivity contribution >= 4 is 24.3 Å². The van der Waals surface area contributed by atoms with E-state index in [0.29, 0.717) is 18.1 Å². The van der Waals surface area contributed by atoms with Gasteiger partial charge in [-0.05, 0) is 53.4 Å². The van der Waals surface area contributed by atoms with Crippen LogP contribution in [-0.2, 0) is 0 Å². The fourth-order valence-electron chi connectivity index (χ4n) is 2.81. The largest absolute Gasteiger partial charge is 0.504 e. The lowest BCUT2D eigenvalue weighted by atomic mass is 10.1. The van der Waals surface area contributed by atoms with Crippen LogP contribution in [0.15, 0.2) is 60.7 Å². The fraction of sp³-hybridized carbons (Fsp3) is 0.120. The number of benzene rings is 3. The van der Waals surface area contributed by atoms with Crippen LogP contribution in [0.5, 0.6) is 23.0 Å². The van der Waals surface area contributed by atoms with Crippen molar-refractivity contribution in [1.82, 2.24) is 0 Å². The third-order valence-electron chi connectivity index (χ3n) is 4.36. The second-order valence-corrected chi connectivity index (χ2v) is 6.42. The summed E-state index contributed by atoms with van der Waals surface area (Å²) >= 11 is 0. The number of phenolic OH excluding ortho intramolecular Hbond substituents is 2. The van der Waals surface area contributed by atoms with Crippen LogP contribution in [0, 0.1) is 0 Å². The highest BCUT2D eigenvalue weighted by atomic mass is 16.5. The molecular weight excluding hydrogens is 364 g/mol. The van der Waals surface area contributed by atoms with Gasteiger partial charge in [0.05, 0.1) is 13.7 Å². The van der Waals surface area contributed by atoms with Crippen LogP contribution in [0.3, 0.4) is 0 Å². The Morgan fingerprint density at radius 2 is 1.07 bits per heavy atom. The first-order valence-corrected chi connectivity index (χ1v) is 9.38. The third kappa shape index (κ3) is 5.42. The Hall–Kier alpha value is -3.66. The van der Waals surface area contributed by atoms with Gasteiger partial charge in [-0.1, -0.05) is 60.7 Å². The van der Waals surface area contributed by atoms with Crippen LogP contribution in [-0.4, -0.2) is 23.9 Å². The van der Waals surface area contributed by atoms with Gasteiger partial charge >= 0.3 is 0 Å². The molecule has 0 saturated carbocycles. The zero-order valence-corrected chi connectivity index (χ0v) is 16.5. The molecule has 0 aromatic heterocycles. The number of aromatic hydroxyl groups is 2. The molecule has 148 valence electrons. The van der Waals surface area contributed by atoms with Crippen molar-refractivity contribution in [2.45, 2.75) is 6.92 Å². The van der Waals surface area contributed by atoms with Gasteiger partial charge in [0.1, 0.15) is 0 Å². The maximum atomic E-state index is 9.78. The zero-order chi connectivity index (χ0) is 20.6. The normalized spacial score (nSPS) is 11.2. The van der Waals surface area contributed by atoms with Gasteiger partial charge in [0, 0.05) is 0 Å². The van der Waals surface area contributed by atoms with Crippen molar-refractivity contribution < 1.29 is 19.7 Å². The topological polar surface area (TPSA) is 58.9 Å². The summed E-state index contributed by atoms with van der Waals surface area (Å²) in [5.41, 5.74) is 4.04. The molecule has 0 fully saturated rings. The van der Waals surface area contributed by atoms with E-state index in [1.165, 1.54) is 7.11 Å². The molecule has 3 rings (SSSR count). The van der Waals surface area contributed by atoms with E-state index in [0.717, 1.165) is 22.3 Å². The van der Waals surface area contributed by atoms with E-state index < -0.39 is 0 Å². The number of ether oxygens (including phenoxy) is 2. The van der Waals surface area contributed by atoms with Gasteiger partial charge in [-0.15, -0.1) is 0 Å². The highest BCUT2D eigenvalue weighted by molar-refractivity contribution is 5.74. The van der Waals surface area contributed by atoms with E-state index in [4.69, 9.17) is 9.47 Å². The average molecular weight is 388 g/mol. The molecule has 2 N–H and O–H groups in total. The minimum Gasteiger partial charge on any atom is -0.504 e. The van der Waals surface area contributed by atoms with E-state index in [2.05, 4.69) is 0 Å². The molecule has 0 radical (unpaired) electrons. The number of methoxy groups -OCH3 is 1. The quantitative estimate of drug-likeness (QED) is 0.499. The summed E-state index contributed by atoms with van der Waals surface area (Å²) in [5, 5.41) is 19.4. The molecule has 3 aromatic carbocycles. The van der Waals surface area contributed by atoms with Gasteiger partial charge in [0.2, 0.25) is 0 Å². The van der Waals surface area contributed by atoms with Gasteiger partial charge in [0.25, 0.3) is 0 Å². The Kier molecular flexibility index (Phi) is 6.59. The lowest BCUT2D eigenvalue weighted by molar-refractivity contribution is 0.318. The van der Waals surface area contributed by atoms with Gasteiger partial charge in [-0.2, -0.15) is 0 Å². The molecule has 0 bridgehead atoms. The van der Waals surface area contributed by atoms with Gasteiger partial charge in [-0.3, -0.25) is 0 Å². The summed E-state index contributed by atoms with van der Waals surface area (Å²) in [6, 6.07) is 18.7. The molecule has 0 heterocycles. The fourth-order valence-corrected chi connectivity index (χ4v) is 2.81. The van der Waals surface area contributed by atoms with Gasteiger partial charge < -0.3 is 19.7 Å². The first-order chi connectivity index (χ1) is 14.1. The smallest absolute Gasteiger partial charge is 0.161 e. The van der Waals surface area contributed by atoms with E-state index in [-0.39, 0.29) is 11.5 Å². The summed E-state index contributed by atoms with van der Waals surface area (Å²) < 4.78 is 10.5. The Labute approximate surface area is 171 Å². The molecular formula is C25H24O4. The summed E-state index contributed by atoms with van der Waals surface area (Å²) in [5.74, 6) is 1.21. The van der Waals surface area contributed by atoms with Crippen molar-refractivity contribution in [3.05, 3.63) is 82.9 Å². The zero-order valence-electron chi connectivity index (χ0n) is 16.5. The number of hydrogen-bond acceptors (Lipinski definition) is 4. The molecule has 0 aliphatic carbocycles. The minimum absolute atomic E-state index is 0.128. The minimum atomic E-state index is 0.128. The first-order valence-electron chi connectivity index (χ1n) is 9.38. The SMILES string of the molecule is CCOc1cc(/C=C/c2ccc(/C=C/c3ccc(O)c(OC)c3)cc2)ccc1O. The van der Waals surface area contributed by atoms with E-state index in [1.807, 2.05) is 73.7 Å². The van der Waals surface area contributed by atoms with Crippen LogP contribution >= 0.6 is 0 Å². The molecule has 4 heteroatoms. The maximum absolute atomic E-state index is 9.78. The van der Waals surface area contributed by atoms with E-state index in [1.54, 1.807) is 18.2 Å². The van der Waals surface area contributed by atoms with Gasteiger partial charge in [0.15, 0.2) is 23.0 Å². The van der Waals surface area contributed by atoms with Gasteiger partial charge in [-0.25, -0.2) is 0 Å². The molecule has 4 nitrogen and oxygen atoms in total. The second kappa shape index (κ2) is 9.51. The van der Waals surface area contributed by atoms with Crippen LogP contribution in [0.25, 0.3) is 24.3 Å². The highest BCUT2D eigenvalue weighted by Crippen LogP contribution is 2.28. The molecule has 0 saturated heterocycles. The lowest BCUT2D eigenvalue weighted by Crippen LogP contribution is -1.91. The molecule has 0 amide bonds. The van der Waals surface area contributed by atoms with Crippen molar-refractivity contribution in [3.8, 4) is 23.0 Å². The molecule has 3 aromatic rings. The van der Waals surface area contributed by atoms with Crippen molar-refractivity contribution in [1.29, 1.82) is 0 Å². The molecule has 29 heavy (non-hydrogen) atoms. The number of phenols is 2. The van der Waals surface area contributed by atoms with Crippen LogP contribution in [0.2, 0.25) is 0 Å². The van der Waals surface area contributed by atoms with Crippen LogP contribution < -0.4 is 9.47 Å². The van der Waals surface area contributed by atoms with E-state index >= 15 is 0 Å². The predicted octanol–water partition coefficient (Wildman–Crippen LogP) is 5.85. The predicted molar refractivity (Wildman–Crippen MR) is 118 cm³/mol.